The monoisotopic (exact) mass is 281 g/mol. The van der Waals surface area contributed by atoms with E-state index in [0.29, 0.717) is 23.2 Å². The zero-order chi connectivity index (χ0) is 14.4. The van der Waals surface area contributed by atoms with E-state index in [4.69, 9.17) is 0 Å². The van der Waals surface area contributed by atoms with Crippen LogP contribution < -0.4 is 0 Å². The van der Waals surface area contributed by atoms with Crippen molar-refractivity contribution in [2.24, 2.45) is 0 Å². The molecule has 4 rings (SSSR count). The molecule has 0 atom stereocenters. The molecule has 1 saturated carbocycles. The highest BCUT2D eigenvalue weighted by Crippen LogP contribution is 2.38. The topological polar surface area (TPSA) is 93.3 Å². The van der Waals surface area contributed by atoms with Gasteiger partial charge in [-0.1, -0.05) is 0 Å². The average molecular weight is 281 g/mol. The largest absolute Gasteiger partial charge is 0.477 e. The van der Waals surface area contributed by atoms with Crippen molar-refractivity contribution in [1.82, 2.24) is 24.6 Å². The van der Waals surface area contributed by atoms with E-state index >= 15 is 0 Å². The van der Waals surface area contributed by atoms with Crippen LogP contribution in [0.25, 0.3) is 17.0 Å². The van der Waals surface area contributed by atoms with Crippen LogP contribution in [0.15, 0.2) is 30.6 Å². The highest BCUT2D eigenvalue weighted by molar-refractivity contribution is 5.87. The van der Waals surface area contributed by atoms with Crippen molar-refractivity contribution in [2.45, 2.75) is 18.8 Å². The van der Waals surface area contributed by atoms with Crippen LogP contribution >= 0.6 is 0 Å². The molecule has 0 saturated heterocycles. The lowest BCUT2D eigenvalue weighted by molar-refractivity contribution is 0.0687. The summed E-state index contributed by atoms with van der Waals surface area (Å²) >= 11 is 0. The lowest BCUT2D eigenvalue weighted by Gasteiger charge is -2.03. The van der Waals surface area contributed by atoms with E-state index in [-0.39, 0.29) is 5.69 Å². The van der Waals surface area contributed by atoms with Crippen LogP contribution in [-0.2, 0) is 0 Å². The molecule has 3 heterocycles. The quantitative estimate of drug-likeness (QED) is 0.786. The molecule has 21 heavy (non-hydrogen) atoms. The van der Waals surface area contributed by atoms with Gasteiger partial charge in [0.25, 0.3) is 5.78 Å². The fourth-order valence-corrected chi connectivity index (χ4v) is 2.21. The van der Waals surface area contributed by atoms with Gasteiger partial charge in [-0.15, -0.1) is 5.10 Å². The SMILES string of the molecule is O=C(O)c1cc(-c2cccnc2)nc2nc(C3CC3)nn12. The Morgan fingerprint density at radius 2 is 2.19 bits per heavy atom. The molecule has 7 nitrogen and oxygen atoms in total. The minimum absolute atomic E-state index is 0.0539. The van der Waals surface area contributed by atoms with E-state index < -0.39 is 5.97 Å². The molecule has 1 N–H and O–H groups in total. The minimum Gasteiger partial charge on any atom is -0.477 e. The van der Waals surface area contributed by atoms with E-state index in [9.17, 15) is 9.90 Å². The van der Waals surface area contributed by atoms with Crippen LogP contribution in [0.1, 0.15) is 35.1 Å². The Hall–Kier alpha value is -2.83. The van der Waals surface area contributed by atoms with Crippen molar-refractivity contribution in [3.05, 3.63) is 42.1 Å². The molecule has 1 aliphatic carbocycles. The molecular formula is C14H11N5O2. The zero-order valence-corrected chi connectivity index (χ0v) is 11.0. The molecule has 0 unspecified atom stereocenters. The first-order chi connectivity index (χ1) is 10.2. The van der Waals surface area contributed by atoms with Crippen LogP contribution in [-0.4, -0.2) is 35.6 Å². The van der Waals surface area contributed by atoms with Gasteiger partial charge in [-0.3, -0.25) is 4.98 Å². The Morgan fingerprint density at radius 3 is 2.86 bits per heavy atom. The molecule has 1 fully saturated rings. The number of fused-ring (bicyclic) bond motifs is 1. The predicted octanol–water partition coefficient (Wildman–Crippen LogP) is 1.76. The Bertz CT molecular complexity index is 839. The van der Waals surface area contributed by atoms with Gasteiger partial charge in [0.1, 0.15) is 0 Å². The third kappa shape index (κ3) is 2.03. The highest BCUT2D eigenvalue weighted by atomic mass is 16.4. The zero-order valence-electron chi connectivity index (χ0n) is 11.0. The maximum atomic E-state index is 11.5. The van der Waals surface area contributed by atoms with Crippen molar-refractivity contribution in [1.29, 1.82) is 0 Å². The van der Waals surface area contributed by atoms with Crippen molar-refractivity contribution in [3.8, 4) is 11.3 Å². The van der Waals surface area contributed by atoms with Gasteiger partial charge in [-0.25, -0.2) is 9.78 Å². The van der Waals surface area contributed by atoms with Gasteiger partial charge in [-0.05, 0) is 31.0 Å². The second-order valence-corrected chi connectivity index (χ2v) is 5.03. The third-order valence-electron chi connectivity index (χ3n) is 3.45. The van der Waals surface area contributed by atoms with Crippen molar-refractivity contribution in [3.63, 3.8) is 0 Å². The number of hydrogen-bond acceptors (Lipinski definition) is 5. The number of carbonyl (C=O) groups is 1. The molecule has 7 heteroatoms. The van der Waals surface area contributed by atoms with E-state index in [2.05, 4.69) is 20.1 Å². The van der Waals surface area contributed by atoms with Crippen LogP contribution in [0.4, 0.5) is 0 Å². The molecule has 0 radical (unpaired) electrons. The van der Waals surface area contributed by atoms with E-state index in [1.807, 2.05) is 6.07 Å². The smallest absolute Gasteiger partial charge is 0.354 e. The summed E-state index contributed by atoms with van der Waals surface area (Å²) in [6.07, 6.45) is 5.40. The van der Waals surface area contributed by atoms with Crippen LogP contribution in [0.3, 0.4) is 0 Å². The Labute approximate surface area is 119 Å². The second kappa shape index (κ2) is 4.34. The van der Waals surface area contributed by atoms with E-state index in [1.165, 1.54) is 10.6 Å². The second-order valence-electron chi connectivity index (χ2n) is 5.03. The van der Waals surface area contributed by atoms with Crippen molar-refractivity contribution < 1.29 is 9.90 Å². The molecule has 0 bridgehead atoms. The lowest BCUT2D eigenvalue weighted by atomic mass is 10.2. The van der Waals surface area contributed by atoms with Crippen LogP contribution in [0, 0.1) is 0 Å². The van der Waals surface area contributed by atoms with Gasteiger partial charge < -0.3 is 5.11 Å². The number of rotatable bonds is 3. The fourth-order valence-electron chi connectivity index (χ4n) is 2.21. The summed E-state index contributed by atoms with van der Waals surface area (Å²) < 4.78 is 1.30. The molecule has 1 aliphatic rings. The minimum atomic E-state index is -1.06. The highest BCUT2D eigenvalue weighted by Gasteiger charge is 2.29. The summed E-state index contributed by atoms with van der Waals surface area (Å²) in [4.78, 5) is 24.3. The van der Waals surface area contributed by atoms with E-state index in [0.717, 1.165) is 18.4 Å². The lowest BCUT2D eigenvalue weighted by Crippen LogP contribution is -2.08. The maximum Gasteiger partial charge on any atom is 0.354 e. The Morgan fingerprint density at radius 1 is 1.33 bits per heavy atom. The molecule has 3 aromatic rings. The first-order valence-electron chi connectivity index (χ1n) is 6.64. The standard InChI is InChI=1S/C14H11N5O2/c20-13(21)11-6-10(9-2-1-5-15-7-9)16-14-17-12(8-3-4-8)18-19(11)14/h1-2,5-8H,3-4H2,(H,20,21). The summed E-state index contributed by atoms with van der Waals surface area (Å²) in [5.41, 5.74) is 1.33. The van der Waals surface area contributed by atoms with Gasteiger partial charge in [0.15, 0.2) is 11.5 Å². The first-order valence-corrected chi connectivity index (χ1v) is 6.64. The normalized spacial score (nSPS) is 14.5. The summed E-state index contributed by atoms with van der Waals surface area (Å²) in [6, 6.07) is 5.11. The van der Waals surface area contributed by atoms with Crippen molar-refractivity contribution >= 4 is 11.7 Å². The Balaban J connectivity index is 1.95. The first kappa shape index (κ1) is 12.0. The third-order valence-corrected chi connectivity index (χ3v) is 3.45. The number of aromatic carboxylic acids is 1. The summed E-state index contributed by atoms with van der Waals surface area (Å²) in [6.45, 7) is 0. The van der Waals surface area contributed by atoms with Gasteiger partial charge in [0.05, 0.1) is 5.69 Å². The molecule has 104 valence electrons. The summed E-state index contributed by atoms with van der Waals surface area (Å²) in [5, 5.41) is 13.7. The number of hydrogen-bond donors (Lipinski definition) is 1. The molecule has 3 aromatic heterocycles. The molecule has 0 amide bonds. The number of pyridine rings is 1. The average Bonchev–Trinajstić information content (AvgIpc) is 3.26. The fraction of sp³-hybridized carbons (Fsp3) is 0.214. The summed E-state index contributed by atoms with van der Waals surface area (Å²) in [7, 11) is 0. The number of aromatic nitrogens is 5. The maximum absolute atomic E-state index is 11.5. The van der Waals surface area contributed by atoms with Crippen LogP contribution in [0.2, 0.25) is 0 Å². The van der Waals surface area contributed by atoms with Crippen LogP contribution in [0.5, 0.6) is 0 Å². The summed E-state index contributed by atoms with van der Waals surface area (Å²) in [5.74, 6) is 0.277. The van der Waals surface area contributed by atoms with Crippen molar-refractivity contribution in [2.75, 3.05) is 0 Å². The van der Waals surface area contributed by atoms with Gasteiger partial charge in [0.2, 0.25) is 0 Å². The number of nitrogens with zero attached hydrogens (tertiary/aromatic N) is 5. The van der Waals surface area contributed by atoms with Gasteiger partial charge in [0, 0.05) is 23.9 Å². The van der Waals surface area contributed by atoms with Gasteiger partial charge in [-0.2, -0.15) is 9.50 Å². The Kier molecular flexibility index (Phi) is 2.47. The number of carboxylic acids is 1. The predicted molar refractivity (Wildman–Crippen MR) is 72.9 cm³/mol. The molecule has 0 aliphatic heterocycles. The molecular weight excluding hydrogens is 270 g/mol. The molecule has 0 aromatic carbocycles. The molecule has 0 spiro atoms. The van der Waals surface area contributed by atoms with E-state index in [1.54, 1.807) is 18.5 Å². The van der Waals surface area contributed by atoms with Gasteiger partial charge >= 0.3 is 5.97 Å². The number of carboxylic acid groups (broad SMARTS) is 1.